The molecule has 0 spiro atoms. The van der Waals surface area contributed by atoms with Crippen molar-refractivity contribution in [2.75, 3.05) is 19.6 Å². The molecule has 1 saturated heterocycles. The van der Waals surface area contributed by atoms with E-state index in [1.54, 1.807) is 12.1 Å². The van der Waals surface area contributed by atoms with Crippen LogP contribution in [0.2, 0.25) is 0 Å². The monoisotopic (exact) mass is 235 g/mol. The van der Waals surface area contributed by atoms with E-state index in [1.807, 2.05) is 4.90 Å². The van der Waals surface area contributed by atoms with Gasteiger partial charge in [-0.15, -0.1) is 0 Å². The molecule has 1 aromatic carbocycles. The lowest BCUT2D eigenvalue weighted by atomic mass is 10.2. The average Bonchev–Trinajstić information content (AvgIpc) is 2.29. The van der Waals surface area contributed by atoms with E-state index in [0.29, 0.717) is 19.6 Å². The van der Waals surface area contributed by atoms with Gasteiger partial charge in [0.25, 0.3) is 5.69 Å². The summed E-state index contributed by atoms with van der Waals surface area (Å²) in [6, 6.07) is 6.42. The molecule has 0 aromatic heterocycles. The summed E-state index contributed by atoms with van der Waals surface area (Å²) in [5.41, 5.74) is 1.07. The Balaban J connectivity index is 1.98. The Hall–Kier alpha value is -1.95. The number of nitro benzene ring substituents is 1. The first-order chi connectivity index (χ1) is 8.15. The number of carbonyl (C=O) groups excluding carboxylic acids is 1. The highest BCUT2D eigenvalue weighted by Gasteiger charge is 2.16. The number of piperazine rings is 1. The van der Waals surface area contributed by atoms with Gasteiger partial charge in [0.15, 0.2) is 0 Å². The Morgan fingerprint density at radius 2 is 2.06 bits per heavy atom. The van der Waals surface area contributed by atoms with Crippen LogP contribution in [0.1, 0.15) is 5.56 Å². The number of hydrogen-bond donors (Lipinski definition) is 1. The molecule has 1 N–H and O–H groups in total. The van der Waals surface area contributed by atoms with Gasteiger partial charge >= 0.3 is 0 Å². The van der Waals surface area contributed by atoms with Crippen LogP contribution in [-0.4, -0.2) is 35.4 Å². The molecule has 2 rings (SSSR count). The molecule has 1 fully saturated rings. The van der Waals surface area contributed by atoms with Gasteiger partial charge in [-0.05, 0) is 5.56 Å². The third-order valence-electron chi connectivity index (χ3n) is 2.67. The quantitative estimate of drug-likeness (QED) is 0.612. The second-order valence-corrected chi connectivity index (χ2v) is 3.98. The number of nitrogens with zero attached hydrogens (tertiary/aromatic N) is 2. The lowest BCUT2D eigenvalue weighted by Crippen LogP contribution is -2.47. The summed E-state index contributed by atoms with van der Waals surface area (Å²) in [6.07, 6.45) is 0. The SMILES string of the molecule is O=C1CN(Cc2ccc([N+](=O)[O-])cc2)CCN1. The molecular weight excluding hydrogens is 222 g/mol. The Morgan fingerprint density at radius 3 is 2.65 bits per heavy atom. The van der Waals surface area contributed by atoms with Crippen molar-refractivity contribution in [3.8, 4) is 0 Å². The molecule has 90 valence electrons. The van der Waals surface area contributed by atoms with E-state index in [9.17, 15) is 14.9 Å². The molecular formula is C11H13N3O3. The molecule has 0 atom stereocenters. The molecule has 0 bridgehead atoms. The Bertz CT molecular complexity index is 430. The van der Waals surface area contributed by atoms with Crippen molar-refractivity contribution in [2.24, 2.45) is 0 Å². The highest BCUT2D eigenvalue weighted by molar-refractivity contribution is 5.78. The summed E-state index contributed by atoms with van der Waals surface area (Å²) < 4.78 is 0. The van der Waals surface area contributed by atoms with E-state index in [1.165, 1.54) is 12.1 Å². The predicted octanol–water partition coefficient (Wildman–Crippen LogP) is 0.527. The van der Waals surface area contributed by atoms with Crippen molar-refractivity contribution < 1.29 is 9.72 Å². The van der Waals surface area contributed by atoms with Gasteiger partial charge in [0, 0.05) is 31.8 Å². The standard InChI is InChI=1S/C11H13N3O3/c15-11-8-13(6-5-12-11)7-9-1-3-10(4-2-9)14(16)17/h1-4H,5-8H2,(H,12,15). The topological polar surface area (TPSA) is 75.5 Å². The summed E-state index contributed by atoms with van der Waals surface area (Å²) in [4.78, 5) is 23.2. The third-order valence-corrected chi connectivity index (χ3v) is 2.67. The maximum absolute atomic E-state index is 11.2. The Kier molecular flexibility index (Phi) is 3.34. The molecule has 1 heterocycles. The highest BCUT2D eigenvalue weighted by atomic mass is 16.6. The summed E-state index contributed by atoms with van der Waals surface area (Å²) in [5.74, 6) is 0.0261. The number of benzene rings is 1. The van der Waals surface area contributed by atoms with Crippen LogP contribution >= 0.6 is 0 Å². The molecule has 1 amide bonds. The minimum atomic E-state index is -0.419. The normalized spacial score (nSPS) is 16.6. The summed E-state index contributed by atoms with van der Waals surface area (Å²) in [7, 11) is 0. The fraction of sp³-hybridized carbons (Fsp3) is 0.364. The molecule has 0 saturated carbocycles. The minimum absolute atomic E-state index is 0.0261. The second-order valence-electron chi connectivity index (χ2n) is 3.98. The highest BCUT2D eigenvalue weighted by Crippen LogP contribution is 2.13. The van der Waals surface area contributed by atoms with Gasteiger partial charge in [-0.1, -0.05) is 12.1 Å². The zero-order chi connectivity index (χ0) is 12.3. The smallest absolute Gasteiger partial charge is 0.269 e. The zero-order valence-electron chi connectivity index (χ0n) is 9.26. The lowest BCUT2D eigenvalue weighted by Gasteiger charge is -2.26. The molecule has 0 unspecified atom stereocenters. The Morgan fingerprint density at radius 1 is 1.35 bits per heavy atom. The molecule has 6 heteroatoms. The molecule has 0 radical (unpaired) electrons. The molecule has 1 aliphatic heterocycles. The van der Waals surface area contributed by atoms with Crippen LogP contribution in [0.15, 0.2) is 24.3 Å². The van der Waals surface area contributed by atoms with Crippen LogP contribution < -0.4 is 5.32 Å². The number of amides is 1. The van der Waals surface area contributed by atoms with Crippen LogP contribution in [0.5, 0.6) is 0 Å². The van der Waals surface area contributed by atoms with Gasteiger partial charge in [0.05, 0.1) is 11.5 Å². The van der Waals surface area contributed by atoms with Gasteiger partial charge in [0.1, 0.15) is 0 Å². The summed E-state index contributed by atoms with van der Waals surface area (Å²) in [6.45, 7) is 2.50. The Labute approximate surface area is 98.4 Å². The van der Waals surface area contributed by atoms with Crippen LogP contribution in [0.3, 0.4) is 0 Å². The number of carbonyl (C=O) groups is 1. The van der Waals surface area contributed by atoms with E-state index in [4.69, 9.17) is 0 Å². The average molecular weight is 235 g/mol. The first-order valence-corrected chi connectivity index (χ1v) is 5.37. The van der Waals surface area contributed by atoms with Gasteiger partial charge in [-0.2, -0.15) is 0 Å². The van der Waals surface area contributed by atoms with Gasteiger partial charge in [-0.3, -0.25) is 19.8 Å². The summed E-state index contributed by atoms with van der Waals surface area (Å²) in [5, 5.41) is 13.2. The number of rotatable bonds is 3. The van der Waals surface area contributed by atoms with E-state index in [2.05, 4.69) is 5.32 Å². The fourth-order valence-corrected chi connectivity index (χ4v) is 1.81. The van der Waals surface area contributed by atoms with Crippen LogP contribution in [-0.2, 0) is 11.3 Å². The molecule has 1 aromatic rings. The first kappa shape index (κ1) is 11.5. The van der Waals surface area contributed by atoms with E-state index >= 15 is 0 Å². The van der Waals surface area contributed by atoms with Crippen LogP contribution in [0.25, 0.3) is 0 Å². The molecule has 1 aliphatic rings. The summed E-state index contributed by atoms with van der Waals surface area (Å²) >= 11 is 0. The van der Waals surface area contributed by atoms with E-state index in [0.717, 1.165) is 12.1 Å². The van der Waals surface area contributed by atoms with Crippen molar-refractivity contribution in [1.82, 2.24) is 10.2 Å². The van der Waals surface area contributed by atoms with Gasteiger partial charge in [0.2, 0.25) is 5.91 Å². The predicted molar refractivity (Wildman–Crippen MR) is 61.4 cm³/mol. The minimum Gasteiger partial charge on any atom is -0.354 e. The molecule has 6 nitrogen and oxygen atoms in total. The van der Waals surface area contributed by atoms with Crippen molar-refractivity contribution in [3.05, 3.63) is 39.9 Å². The number of nitro groups is 1. The number of non-ortho nitro benzene ring substituents is 1. The van der Waals surface area contributed by atoms with E-state index < -0.39 is 4.92 Å². The van der Waals surface area contributed by atoms with Crippen LogP contribution in [0.4, 0.5) is 5.69 Å². The third kappa shape index (κ3) is 3.01. The first-order valence-electron chi connectivity index (χ1n) is 5.37. The maximum atomic E-state index is 11.2. The molecule has 0 aliphatic carbocycles. The number of nitrogens with one attached hydrogen (secondary N) is 1. The lowest BCUT2D eigenvalue weighted by molar-refractivity contribution is -0.384. The largest absolute Gasteiger partial charge is 0.354 e. The van der Waals surface area contributed by atoms with Crippen molar-refractivity contribution in [1.29, 1.82) is 0 Å². The van der Waals surface area contributed by atoms with Crippen molar-refractivity contribution >= 4 is 11.6 Å². The van der Waals surface area contributed by atoms with E-state index in [-0.39, 0.29) is 11.6 Å². The number of hydrogen-bond acceptors (Lipinski definition) is 4. The van der Waals surface area contributed by atoms with Crippen LogP contribution in [0, 0.1) is 10.1 Å². The fourth-order valence-electron chi connectivity index (χ4n) is 1.81. The zero-order valence-corrected chi connectivity index (χ0v) is 9.26. The van der Waals surface area contributed by atoms with Crippen molar-refractivity contribution in [3.63, 3.8) is 0 Å². The van der Waals surface area contributed by atoms with Gasteiger partial charge in [-0.25, -0.2) is 0 Å². The van der Waals surface area contributed by atoms with Gasteiger partial charge < -0.3 is 5.32 Å². The second kappa shape index (κ2) is 4.92. The van der Waals surface area contributed by atoms with Crippen molar-refractivity contribution in [2.45, 2.75) is 6.54 Å². The maximum Gasteiger partial charge on any atom is 0.269 e. The molecule has 17 heavy (non-hydrogen) atoms.